The Kier molecular flexibility index (Phi) is 9.90. The summed E-state index contributed by atoms with van der Waals surface area (Å²) in [5.74, 6) is 1.14. The van der Waals surface area contributed by atoms with Crippen molar-refractivity contribution in [2.24, 2.45) is 0 Å². The van der Waals surface area contributed by atoms with Crippen molar-refractivity contribution in [3.63, 3.8) is 0 Å². The molecule has 1 aromatic carbocycles. The molecular formula is C10H14BrIS. The summed E-state index contributed by atoms with van der Waals surface area (Å²) in [5.41, 5.74) is 0. The molecule has 0 aliphatic carbocycles. The molecule has 0 saturated heterocycles. The zero-order chi connectivity index (χ0) is 10.1. The Morgan fingerprint density at radius 3 is 2.46 bits per heavy atom. The predicted molar refractivity (Wildman–Crippen MR) is 75.1 cm³/mol. The van der Waals surface area contributed by atoms with Gasteiger partial charge in [-0.3, -0.25) is 0 Å². The van der Waals surface area contributed by atoms with E-state index in [-0.39, 0.29) is 0 Å². The second-order valence-corrected chi connectivity index (χ2v) is 5.94. The van der Waals surface area contributed by atoms with Crippen LogP contribution in [0.15, 0.2) is 33.6 Å². The second-order valence-electron chi connectivity index (χ2n) is 2.16. The number of benzene rings is 1. The number of alkyl halides is 1. The molecule has 0 heterocycles. The third kappa shape index (κ3) is 7.82. The molecule has 0 aliphatic heterocycles. The highest BCUT2D eigenvalue weighted by Gasteiger charge is 1.90. The van der Waals surface area contributed by atoms with E-state index in [2.05, 4.69) is 70.6 Å². The van der Waals surface area contributed by atoms with Crippen LogP contribution in [0.4, 0.5) is 0 Å². The highest BCUT2D eigenvalue weighted by Crippen LogP contribution is 2.20. The third-order valence-electron chi connectivity index (χ3n) is 1.11. The largest absolute Gasteiger partial charge is 0.126 e. The third-order valence-corrected chi connectivity index (χ3v) is 2.48. The van der Waals surface area contributed by atoms with Crippen molar-refractivity contribution in [2.45, 2.75) is 18.7 Å². The molecule has 0 saturated carbocycles. The van der Waals surface area contributed by atoms with E-state index in [4.69, 9.17) is 0 Å². The van der Waals surface area contributed by atoms with Crippen LogP contribution in [-0.2, 0) is 0 Å². The summed E-state index contributed by atoms with van der Waals surface area (Å²) < 4.78 is 2.38. The van der Waals surface area contributed by atoms with Crippen molar-refractivity contribution < 1.29 is 0 Å². The zero-order valence-corrected chi connectivity index (χ0v) is 12.4. The topological polar surface area (TPSA) is 0 Å². The van der Waals surface area contributed by atoms with Crippen LogP contribution >= 0.6 is 50.3 Å². The van der Waals surface area contributed by atoms with E-state index in [1.165, 1.54) is 9.32 Å². The van der Waals surface area contributed by atoms with Gasteiger partial charge in [-0.25, -0.2) is 0 Å². The van der Waals surface area contributed by atoms with E-state index in [1.807, 2.05) is 17.8 Å². The van der Waals surface area contributed by atoms with E-state index in [9.17, 15) is 0 Å². The fourth-order valence-electron chi connectivity index (χ4n) is 0.723. The van der Waals surface area contributed by atoms with Gasteiger partial charge in [0.05, 0.1) is 0 Å². The zero-order valence-electron chi connectivity index (χ0n) is 7.89. The summed E-state index contributed by atoms with van der Waals surface area (Å²) in [5, 5.41) is 0. The molecule has 0 aliphatic rings. The Morgan fingerprint density at radius 1 is 1.38 bits per heavy atom. The van der Waals surface area contributed by atoms with Crippen LogP contribution < -0.4 is 0 Å². The van der Waals surface area contributed by atoms with Gasteiger partial charge in [-0.1, -0.05) is 58.4 Å². The smallest absolute Gasteiger partial charge is 0.0186 e. The first-order chi connectivity index (χ1) is 6.24. The number of hydrogen-bond acceptors (Lipinski definition) is 1. The lowest BCUT2D eigenvalue weighted by atomic mass is 10.4. The van der Waals surface area contributed by atoms with Gasteiger partial charge >= 0.3 is 0 Å². The van der Waals surface area contributed by atoms with Crippen LogP contribution in [0.3, 0.4) is 0 Å². The van der Waals surface area contributed by atoms with Gasteiger partial charge in [0.1, 0.15) is 0 Å². The summed E-state index contributed by atoms with van der Waals surface area (Å²) >= 11 is 7.57. The lowest BCUT2D eigenvalue weighted by Crippen LogP contribution is -1.71. The van der Waals surface area contributed by atoms with Crippen molar-refractivity contribution in [3.8, 4) is 0 Å². The van der Waals surface area contributed by atoms with Gasteiger partial charge in [0.25, 0.3) is 0 Å². The normalized spacial score (nSPS) is 8.92. The Balaban J connectivity index is 0.000000424. The van der Waals surface area contributed by atoms with Crippen LogP contribution in [0, 0.1) is 0 Å². The Labute approximate surface area is 107 Å². The van der Waals surface area contributed by atoms with Crippen LogP contribution in [-0.4, -0.2) is 10.2 Å². The maximum absolute atomic E-state index is 3.42. The van der Waals surface area contributed by atoms with Crippen molar-refractivity contribution in [3.05, 3.63) is 28.7 Å². The van der Waals surface area contributed by atoms with E-state index < -0.39 is 0 Å². The van der Waals surface area contributed by atoms with Gasteiger partial charge < -0.3 is 0 Å². The molecule has 0 amide bonds. The van der Waals surface area contributed by atoms with Gasteiger partial charge in [0, 0.05) is 9.37 Å². The fraction of sp³-hybridized carbons (Fsp3) is 0.400. The lowest BCUT2D eigenvalue weighted by Gasteiger charge is -1.96. The van der Waals surface area contributed by atoms with E-state index >= 15 is 0 Å². The summed E-state index contributed by atoms with van der Waals surface area (Å²) in [6.07, 6.45) is 0. The molecular weight excluding hydrogens is 359 g/mol. The molecule has 0 atom stereocenters. The highest BCUT2D eigenvalue weighted by atomic mass is 127. The van der Waals surface area contributed by atoms with Crippen LogP contribution in [0.25, 0.3) is 0 Å². The number of halogens is 2. The number of thioether (sulfide) groups is 1. The molecule has 74 valence electrons. The van der Waals surface area contributed by atoms with Gasteiger partial charge in [0.2, 0.25) is 0 Å². The van der Waals surface area contributed by atoms with E-state index in [1.54, 1.807) is 0 Å². The number of rotatable bonds is 2. The van der Waals surface area contributed by atoms with Crippen molar-refractivity contribution >= 4 is 50.3 Å². The van der Waals surface area contributed by atoms with E-state index in [0.29, 0.717) is 0 Å². The molecule has 0 spiro atoms. The molecule has 0 nitrogen and oxygen atoms in total. The van der Waals surface area contributed by atoms with Crippen molar-refractivity contribution in [2.75, 3.05) is 10.2 Å². The summed E-state index contributed by atoms with van der Waals surface area (Å²) in [6.45, 7) is 4.27. The van der Waals surface area contributed by atoms with Gasteiger partial charge in [-0.15, -0.1) is 11.8 Å². The average molecular weight is 373 g/mol. The molecule has 13 heavy (non-hydrogen) atoms. The second kappa shape index (κ2) is 9.34. The fourth-order valence-corrected chi connectivity index (χ4v) is 1.99. The molecule has 0 bridgehead atoms. The highest BCUT2D eigenvalue weighted by molar-refractivity contribution is 14.1. The van der Waals surface area contributed by atoms with Gasteiger partial charge in [-0.2, -0.15) is 0 Å². The Morgan fingerprint density at radius 2 is 2.00 bits per heavy atom. The molecule has 1 rings (SSSR count). The number of hydrogen-bond donors (Lipinski definition) is 0. The van der Waals surface area contributed by atoms with Crippen LogP contribution in [0.1, 0.15) is 13.8 Å². The minimum absolute atomic E-state index is 1.14. The summed E-state index contributed by atoms with van der Waals surface area (Å²) in [4.78, 5) is 1.33. The first-order valence-corrected chi connectivity index (χ1v) is 7.49. The molecule has 1 aromatic rings. The van der Waals surface area contributed by atoms with Gasteiger partial charge in [0.15, 0.2) is 0 Å². The van der Waals surface area contributed by atoms with Crippen LogP contribution in [0.2, 0.25) is 0 Å². The molecule has 0 unspecified atom stereocenters. The Hall–Kier alpha value is 0.780. The molecule has 0 fully saturated rings. The SMILES string of the molecule is CCI.CCSc1cccc(Br)c1. The molecule has 0 N–H and O–H groups in total. The molecule has 0 aromatic heterocycles. The van der Waals surface area contributed by atoms with Crippen molar-refractivity contribution in [1.82, 2.24) is 0 Å². The minimum atomic E-state index is 1.14. The summed E-state index contributed by atoms with van der Waals surface area (Å²) in [6, 6.07) is 8.36. The molecule has 3 heteroatoms. The first kappa shape index (κ1) is 13.8. The average Bonchev–Trinajstić information content (AvgIpc) is 2.06. The standard InChI is InChI=1S/C8H9BrS.C2H5I/c1-2-10-8-5-3-4-7(9)6-8;1-2-3/h3-6H,2H2,1H3;2H2,1H3. The lowest BCUT2D eigenvalue weighted by molar-refractivity contribution is 1.41. The quantitative estimate of drug-likeness (QED) is 0.399. The summed E-state index contributed by atoms with van der Waals surface area (Å²) in [7, 11) is 0. The first-order valence-electron chi connectivity index (χ1n) is 4.18. The maximum Gasteiger partial charge on any atom is 0.0186 e. The Bertz CT molecular complexity index is 228. The van der Waals surface area contributed by atoms with Gasteiger partial charge in [-0.05, 0) is 28.4 Å². The van der Waals surface area contributed by atoms with Crippen LogP contribution in [0.5, 0.6) is 0 Å². The molecule has 0 radical (unpaired) electrons. The maximum atomic E-state index is 3.42. The van der Waals surface area contributed by atoms with E-state index in [0.717, 1.165) is 10.2 Å². The predicted octanol–water partition coefficient (Wildman–Crippen LogP) is 5.00. The minimum Gasteiger partial charge on any atom is -0.126 e. The monoisotopic (exact) mass is 372 g/mol. The van der Waals surface area contributed by atoms with Crippen molar-refractivity contribution in [1.29, 1.82) is 0 Å².